The van der Waals surface area contributed by atoms with Crippen LogP contribution in [0.2, 0.25) is 0 Å². The molecule has 0 aliphatic carbocycles. The van der Waals surface area contributed by atoms with Gasteiger partial charge in [-0.25, -0.2) is 0 Å². The number of pyridine rings is 1. The summed E-state index contributed by atoms with van der Waals surface area (Å²) >= 11 is 0. The van der Waals surface area contributed by atoms with Crippen LogP contribution in [0.3, 0.4) is 0 Å². The molecule has 25 heavy (non-hydrogen) atoms. The van der Waals surface area contributed by atoms with Crippen molar-refractivity contribution in [3.63, 3.8) is 0 Å². The molecule has 3 rings (SSSR count). The van der Waals surface area contributed by atoms with Gasteiger partial charge in [0.1, 0.15) is 0 Å². The summed E-state index contributed by atoms with van der Waals surface area (Å²) in [4.78, 5) is 33.2. The van der Waals surface area contributed by atoms with Crippen molar-refractivity contribution >= 4 is 11.8 Å². The zero-order chi connectivity index (χ0) is 17.6. The fraction of sp³-hybridized carbons (Fsp3) is 0.632. The summed E-state index contributed by atoms with van der Waals surface area (Å²) < 4.78 is 5.40. The molecule has 0 bridgehead atoms. The van der Waals surface area contributed by atoms with E-state index < -0.39 is 0 Å². The number of carbonyl (C=O) groups excluding carboxylic acids is 2. The fourth-order valence-electron chi connectivity index (χ4n) is 3.65. The summed E-state index contributed by atoms with van der Waals surface area (Å²) in [6.45, 7) is 6.05. The lowest BCUT2D eigenvalue weighted by molar-refractivity contribution is -0.136. The average Bonchev–Trinajstić information content (AvgIpc) is 3.01. The minimum absolute atomic E-state index is 0.0473. The fourth-order valence-corrected chi connectivity index (χ4v) is 3.65. The quantitative estimate of drug-likeness (QED) is 0.787. The Balaban J connectivity index is 1.57. The molecule has 0 unspecified atom stereocenters. The summed E-state index contributed by atoms with van der Waals surface area (Å²) in [6.07, 6.45) is 4.07. The number of hydrogen-bond donors (Lipinski definition) is 0. The van der Waals surface area contributed by atoms with Crippen molar-refractivity contribution in [2.75, 3.05) is 32.8 Å². The standard InChI is InChI=1S/C19H27N3O3/c1-2-21(12-15-6-9-25-10-7-15)19(24)16-11-18(23)22(13-16)14-17-5-3-4-8-20-17/h3-5,8,15-16H,2,6-7,9-14H2,1H3/t16-/m0/s1. The molecule has 0 saturated carbocycles. The number of likely N-dealkylation sites (tertiary alicyclic amines) is 1. The molecule has 3 heterocycles. The zero-order valence-corrected chi connectivity index (χ0v) is 14.9. The van der Waals surface area contributed by atoms with Crippen molar-refractivity contribution < 1.29 is 14.3 Å². The van der Waals surface area contributed by atoms with Crippen molar-refractivity contribution in [1.29, 1.82) is 0 Å². The number of aromatic nitrogens is 1. The van der Waals surface area contributed by atoms with Crippen molar-refractivity contribution in [2.24, 2.45) is 11.8 Å². The van der Waals surface area contributed by atoms with E-state index in [0.29, 0.717) is 32.0 Å². The smallest absolute Gasteiger partial charge is 0.227 e. The predicted octanol–water partition coefficient (Wildman–Crippen LogP) is 1.71. The van der Waals surface area contributed by atoms with Gasteiger partial charge in [0.15, 0.2) is 0 Å². The first-order valence-electron chi connectivity index (χ1n) is 9.21. The van der Waals surface area contributed by atoms with E-state index in [1.165, 1.54) is 0 Å². The Hall–Kier alpha value is -1.95. The van der Waals surface area contributed by atoms with E-state index in [0.717, 1.165) is 38.3 Å². The number of ether oxygens (including phenoxy) is 1. The van der Waals surface area contributed by atoms with Gasteiger partial charge < -0.3 is 14.5 Å². The Labute approximate surface area is 149 Å². The van der Waals surface area contributed by atoms with Gasteiger partial charge in [0.2, 0.25) is 11.8 Å². The van der Waals surface area contributed by atoms with Gasteiger partial charge in [-0.2, -0.15) is 0 Å². The third-order valence-electron chi connectivity index (χ3n) is 5.16. The van der Waals surface area contributed by atoms with Gasteiger partial charge in [-0.05, 0) is 37.8 Å². The first-order chi connectivity index (χ1) is 12.2. The molecular weight excluding hydrogens is 318 g/mol. The molecule has 0 spiro atoms. The highest BCUT2D eigenvalue weighted by atomic mass is 16.5. The van der Waals surface area contributed by atoms with E-state index in [-0.39, 0.29) is 17.7 Å². The van der Waals surface area contributed by atoms with Crippen LogP contribution >= 0.6 is 0 Å². The van der Waals surface area contributed by atoms with Gasteiger partial charge >= 0.3 is 0 Å². The SMILES string of the molecule is CCN(CC1CCOCC1)C(=O)[C@H]1CC(=O)N(Cc2ccccn2)C1. The first kappa shape index (κ1) is 17.9. The second-order valence-corrected chi connectivity index (χ2v) is 6.93. The Kier molecular flexibility index (Phi) is 6.02. The third kappa shape index (κ3) is 4.57. The van der Waals surface area contributed by atoms with Gasteiger partial charge in [0.25, 0.3) is 0 Å². The summed E-state index contributed by atoms with van der Waals surface area (Å²) in [7, 11) is 0. The third-order valence-corrected chi connectivity index (χ3v) is 5.16. The summed E-state index contributed by atoms with van der Waals surface area (Å²) in [5.74, 6) is 0.451. The molecule has 1 atom stereocenters. The molecule has 1 aromatic heterocycles. The number of nitrogens with zero attached hydrogens (tertiary/aromatic N) is 3. The largest absolute Gasteiger partial charge is 0.381 e. The second kappa shape index (κ2) is 8.43. The molecule has 1 aromatic rings. The lowest BCUT2D eigenvalue weighted by atomic mass is 9.98. The maximum Gasteiger partial charge on any atom is 0.227 e. The van der Waals surface area contributed by atoms with Crippen LogP contribution in [-0.2, 0) is 20.9 Å². The minimum atomic E-state index is -0.226. The molecule has 2 amide bonds. The molecular formula is C19H27N3O3. The van der Waals surface area contributed by atoms with Crippen molar-refractivity contribution in [1.82, 2.24) is 14.8 Å². The van der Waals surface area contributed by atoms with Crippen LogP contribution in [0.4, 0.5) is 0 Å². The van der Waals surface area contributed by atoms with Gasteiger partial charge in [-0.15, -0.1) is 0 Å². The molecule has 6 heteroatoms. The Morgan fingerprint density at radius 3 is 2.84 bits per heavy atom. The Morgan fingerprint density at radius 1 is 1.36 bits per heavy atom. The van der Waals surface area contributed by atoms with E-state index >= 15 is 0 Å². The van der Waals surface area contributed by atoms with Crippen LogP contribution in [-0.4, -0.2) is 59.4 Å². The maximum atomic E-state index is 12.9. The Morgan fingerprint density at radius 2 is 2.16 bits per heavy atom. The van der Waals surface area contributed by atoms with Crippen LogP contribution in [0.25, 0.3) is 0 Å². The van der Waals surface area contributed by atoms with E-state index in [9.17, 15) is 9.59 Å². The zero-order valence-electron chi connectivity index (χ0n) is 14.9. The van der Waals surface area contributed by atoms with Crippen LogP contribution in [0.1, 0.15) is 31.9 Å². The molecule has 2 fully saturated rings. The van der Waals surface area contributed by atoms with Crippen LogP contribution in [0.5, 0.6) is 0 Å². The maximum absolute atomic E-state index is 12.9. The highest BCUT2D eigenvalue weighted by Gasteiger charge is 2.36. The molecule has 6 nitrogen and oxygen atoms in total. The van der Waals surface area contributed by atoms with Crippen molar-refractivity contribution in [2.45, 2.75) is 32.7 Å². The molecule has 2 aliphatic rings. The normalized spacial score (nSPS) is 21.6. The first-order valence-corrected chi connectivity index (χ1v) is 9.21. The van der Waals surface area contributed by atoms with E-state index in [1.807, 2.05) is 30.0 Å². The summed E-state index contributed by atoms with van der Waals surface area (Å²) in [6, 6.07) is 5.68. The number of carbonyl (C=O) groups is 2. The van der Waals surface area contributed by atoms with E-state index in [4.69, 9.17) is 4.74 Å². The second-order valence-electron chi connectivity index (χ2n) is 6.93. The van der Waals surface area contributed by atoms with E-state index in [1.54, 1.807) is 11.1 Å². The lowest BCUT2D eigenvalue weighted by Gasteiger charge is -2.30. The average molecular weight is 345 g/mol. The Bertz CT molecular complexity index is 587. The number of hydrogen-bond acceptors (Lipinski definition) is 4. The monoisotopic (exact) mass is 345 g/mol. The van der Waals surface area contributed by atoms with Gasteiger partial charge in [-0.1, -0.05) is 6.07 Å². The summed E-state index contributed by atoms with van der Waals surface area (Å²) in [5.41, 5.74) is 0.860. The molecule has 2 saturated heterocycles. The number of amides is 2. The molecule has 0 N–H and O–H groups in total. The molecule has 136 valence electrons. The highest BCUT2D eigenvalue weighted by molar-refractivity contribution is 5.89. The highest BCUT2D eigenvalue weighted by Crippen LogP contribution is 2.23. The minimum Gasteiger partial charge on any atom is -0.381 e. The van der Waals surface area contributed by atoms with Crippen LogP contribution in [0, 0.1) is 11.8 Å². The van der Waals surface area contributed by atoms with Gasteiger partial charge in [-0.3, -0.25) is 14.6 Å². The van der Waals surface area contributed by atoms with Crippen molar-refractivity contribution in [3.8, 4) is 0 Å². The summed E-state index contributed by atoms with van der Waals surface area (Å²) in [5, 5.41) is 0. The molecule has 0 radical (unpaired) electrons. The van der Waals surface area contributed by atoms with Gasteiger partial charge in [0, 0.05) is 45.5 Å². The van der Waals surface area contributed by atoms with Crippen molar-refractivity contribution in [3.05, 3.63) is 30.1 Å². The topological polar surface area (TPSA) is 62.7 Å². The molecule has 2 aliphatic heterocycles. The van der Waals surface area contributed by atoms with E-state index in [2.05, 4.69) is 4.98 Å². The number of rotatable bonds is 6. The van der Waals surface area contributed by atoms with Crippen LogP contribution < -0.4 is 0 Å². The predicted molar refractivity (Wildman–Crippen MR) is 93.6 cm³/mol. The van der Waals surface area contributed by atoms with Crippen LogP contribution in [0.15, 0.2) is 24.4 Å². The van der Waals surface area contributed by atoms with Gasteiger partial charge in [0.05, 0.1) is 18.2 Å². The lowest BCUT2D eigenvalue weighted by Crippen LogP contribution is -2.41. The molecule has 0 aromatic carbocycles.